The molecule has 2 aliphatic heterocycles. The van der Waals surface area contributed by atoms with E-state index in [4.69, 9.17) is 20.4 Å². The van der Waals surface area contributed by atoms with Crippen LogP contribution in [0.2, 0.25) is 0 Å². The smallest absolute Gasteiger partial charge is 0.169 e. The molecule has 0 radical (unpaired) electrons. The number of hydrogen-bond donors (Lipinski definition) is 2. The highest BCUT2D eigenvalue weighted by atomic mass is 16.5. The molecule has 1 saturated carbocycles. The van der Waals surface area contributed by atoms with Crippen LogP contribution in [-0.4, -0.2) is 60.0 Å². The molecule has 6 nitrogen and oxygen atoms in total. The molecule has 0 amide bonds. The molecule has 3 N–H and O–H groups in total. The van der Waals surface area contributed by atoms with Gasteiger partial charge in [0.15, 0.2) is 5.84 Å². The standard InChI is InChI=1S/C15H27N3O3/c16-14(17-19)13-11-18(8-9-20-13)10-12-4-7-15(21-12)5-2-1-3-6-15/h12-13,19H,1-11H2,(H2,16,17). The molecule has 2 heterocycles. The first kappa shape index (κ1) is 15.1. The molecule has 2 unspecified atom stereocenters. The summed E-state index contributed by atoms with van der Waals surface area (Å²) in [6.45, 7) is 3.13. The van der Waals surface area contributed by atoms with Gasteiger partial charge in [-0.15, -0.1) is 0 Å². The monoisotopic (exact) mass is 297 g/mol. The van der Waals surface area contributed by atoms with Crippen molar-refractivity contribution in [1.29, 1.82) is 0 Å². The van der Waals surface area contributed by atoms with Gasteiger partial charge in [0.05, 0.1) is 18.3 Å². The second kappa shape index (κ2) is 6.50. The van der Waals surface area contributed by atoms with Crippen molar-refractivity contribution in [3.05, 3.63) is 0 Å². The number of morpholine rings is 1. The van der Waals surface area contributed by atoms with Crippen LogP contribution in [0.15, 0.2) is 5.16 Å². The summed E-state index contributed by atoms with van der Waals surface area (Å²) < 4.78 is 12.0. The highest BCUT2D eigenvalue weighted by Crippen LogP contribution is 2.42. The molecule has 0 aromatic carbocycles. The summed E-state index contributed by atoms with van der Waals surface area (Å²) in [6.07, 6.45) is 8.87. The van der Waals surface area contributed by atoms with E-state index in [1.165, 1.54) is 38.5 Å². The first-order valence-electron chi connectivity index (χ1n) is 8.20. The van der Waals surface area contributed by atoms with Crippen LogP contribution >= 0.6 is 0 Å². The summed E-state index contributed by atoms with van der Waals surface area (Å²) in [7, 11) is 0. The minimum Gasteiger partial charge on any atom is -0.409 e. The van der Waals surface area contributed by atoms with Crippen molar-refractivity contribution in [2.24, 2.45) is 10.9 Å². The maximum absolute atomic E-state index is 8.76. The zero-order chi connectivity index (χ0) is 14.7. The topological polar surface area (TPSA) is 80.3 Å². The molecule has 3 fully saturated rings. The number of ether oxygens (including phenoxy) is 2. The lowest BCUT2D eigenvalue weighted by atomic mass is 9.83. The third-order valence-corrected chi connectivity index (χ3v) is 5.16. The minimum absolute atomic E-state index is 0.163. The molecular weight excluding hydrogens is 270 g/mol. The molecule has 2 atom stereocenters. The number of nitrogens with two attached hydrogens (primary N) is 1. The Labute approximate surface area is 126 Å². The first-order chi connectivity index (χ1) is 10.2. The predicted octanol–water partition coefficient (Wildman–Crippen LogP) is 1.32. The molecule has 0 bridgehead atoms. The van der Waals surface area contributed by atoms with Crippen molar-refractivity contribution >= 4 is 5.84 Å². The molecule has 1 aliphatic carbocycles. The van der Waals surface area contributed by atoms with Crippen LogP contribution in [0.4, 0.5) is 0 Å². The maximum atomic E-state index is 8.76. The molecule has 21 heavy (non-hydrogen) atoms. The summed E-state index contributed by atoms with van der Waals surface area (Å²) >= 11 is 0. The molecular formula is C15H27N3O3. The lowest BCUT2D eigenvalue weighted by molar-refractivity contribution is -0.0819. The van der Waals surface area contributed by atoms with E-state index in [9.17, 15) is 0 Å². The van der Waals surface area contributed by atoms with E-state index < -0.39 is 0 Å². The second-order valence-corrected chi connectivity index (χ2v) is 6.67. The van der Waals surface area contributed by atoms with Gasteiger partial charge in [-0.1, -0.05) is 24.4 Å². The Morgan fingerprint density at radius 1 is 1.29 bits per heavy atom. The highest BCUT2D eigenvalue weighted by molar-refractivity contribution is 5.84. The molecule has 0 aromatic rings. The largest absolute Gasteiger partial charge is 0.409 e. The average Bonchev–Trinajstić information content (AvgIpc) is 2.89. The zero-order valence-electron chi connectivity index (χ0n) is 12.7. The maximum Gasteiger partial charge on any atom is 0.169 e. The number of nitrogens with zero attached hydrogens (tertiary/aromatic N) is 2. The van der Waals surface area contributed by atoms with Gasteiger partial charge in [-0.25, -0.2) is 0 Å². The Hall–Kier alpha value is -0.850. The Balaban J connectivity index is 1.50. The fourth-order valence-corrected chi connectivity index (χ4v) is 3.99. The molecule has 0 aromatic heterocycles. The van der Waals surface area contributed by atoms with E-state index in [0.29, 0.717) is 19.3 Å². The van der Waals surface area contributed by atoms with Crippen molar-refractivity contribution in [2.75, 3.05) is 26.2 Å². The van der Waals surface area contributed by atoms with Crippen LogP contribution in [-0.2, 0) is 9.47 Å². The van der Waals surface area contributed by atoms with E-state index in [-0.39, 0.29) is 17.5 Å². The van der Waals surface area contributed by atoms with Crippen LogP contribution in [0.5, 0.6) is 0 Å². The van der Waals surface area contributed by atoms with Crippen LogP contribution < -0.4 is 5.73 Å². The summed E-state index contributed by atoms with van der Waals surface area (Å²) in [4.78, 5) is 2.32. The minimum atomic E-state index is -0.297. The van der Waals surface area contributed by atoms with Crippen molar-refractivity contribution in [1.82, 2.24) is 4.90 Å². The van der Waals surface area contributed by atoms with Crippen LogP contribution in [0.1, 0.15) is 44.9 Å². The Kier molecular flexibility index (Phi) is 4.66. The zero-order valence-corrected chi connectivity index (χ0v) is 12.7. The molecule has 1 spiro atoms. The van der Waals surface area contributed by atoms with E-state index in [0.717, 1.165) is 19.5 Å². The van der Waals surface area contributed by atoms with Crippen molar-refractivity contribution in [3.63, 3.8) is 0 Å². The first-order valence-corrected chi connectivity index (χ1v) is 8.20. The summed E-state index contributed by atoms with van der Waals surface area (Å²) in [5, 5.41) is 11.8. The predicted molar refractivity (Wildman–Crippen MR) is 79.5 cm³/mol. The SMILES string of the molecule is NC(=NO)C1CN(CC2CCC3(CCCCC3)O2)CCO1. The third-order valence-electron chi connectivity index (χ3n) is 5.16. The molecule has 3 aliphatic rings. The summed E-state index contributed by atoms with van der Waals surface area (Å²) in [5.74, 6) is 0.163. The number of hydrogen-bond acceptors (Lipinski definition) is 5. The van der Waals surface area contributed by atoms with Gasteiger partial charge < -0.3 is 20.4 Å². The quantitative estimate of drug-likeness (QED) is 0.355. The Morgan fingerprint density at radius 3 is 2.86 bits per heavy atom. The van der Waals surface area contributed by atoms with Gasteiger partial charge in [-0.2, -0.15) is 0 Å². The van der Waals surface area contributed by atoms with Gasteiger partial charge in [0, 0.05) is 19.6 Å². The lowest BCUT2D eigenvalue weighted by Gasteiger charge is -2.36. The van der Waals surface area contributed by atoms with Crippen molar-refractivity contribution < 1.29 is 14.7 Å². The molecule has 3 rings (SSSR count). The molecule has 2 saturated heterocycles. The number of rotatable bonds is 3. The molecule has 6 heteroatoms. The van der Waals surface area contributed by atoms with Gasteiger partial charge in [0.25, 0.3) is 0 Å². The van der Waals surface area contributed by atoms with Gasteiger partial charge in [-0.3, -0.25) is 4.90 Å². The summed E-state index contributed by atoms with van der Waals surface area (Å²) in [6, 6.07) is 0. The Morgan fingerprint density at radius 2 is 2.10 bits per heavy atom. The van der Waals surface area contributed by atoms with Crippen molar-refractivity contribution in [2.45, 2.75) is 62.8 Å². The van der Waals surface area contributed by atoms with Gasteiger partial charge >= 0.3 is 0 Å². The van der Waals surface area contributed by atoms with Crippen LogP contribution in [0, 0.1) is 0 Å². The average molecular weight is 297 g/mol. The van der Waals surface area contributed by atoms with Gasteiger partial charge in [0.1, 0.15) is 6.10 Å². The normalized spacial score (nSPS) is 34.4. The Bertz CT molecular complexity index is 382. The van der Waals surface area contributed by atoms with Gasteiger partial charge in [0.2, 0.25) is 0 Å². The summed E-state index contributed by atoms with van der Waals surface area (Å²) in [5.41, 5.74) is 5.83. The van der Waals surface area contributed by atoms with E-state index in [2.05, 4.69) is 10.1 Å². The number of amidine groups is 1. The van der Waals surface area contributed by atoms with E-state index in [1.54, 1.807) is 0 Å². The van der Waals surface area contributed by atoms with E-state index >= 15 is 0 Å². The van der Waals surface area contributed by atoms with E-state index in [1.807, 2.05) is 0 Å². The van der Waals surface area contributed by atoms with Crippen LogP contribution in [0.3, 0.4) is 0 Å². The number of oxime groups is 1. The fourth-order valence-electron chi connectivity index (χ4n) is 3.99. The lowest BCUT2D eigenvalue weighted by Crippen LogP contribution is -2.50. The highest BCUT2D eigenvalue weighted by Gasteiger charge is 2.41. The van der Waals surface area contributed by atoms with Crippen LogP contribution in [0.25, 0.3) is 0 Å². The third kappa shape index (κ3) is 3.49. The molecule has 120 valence electrons. The van der Waals surface area contributed by atoms with Gasteiger partial charge in [-0.05, 0) is 25.7 Å². The fraction of sp³-hybridized carbons (Fsp3) is 0.933. The van der Waals surface area contributed by atoms with Crippen molar-refractivity contribution in [3.8, 4) is 0 Å². The second-order valence-electron chi connectivity index (χ2n) is 6.67.